The van der Waals surface area contributed by atoms with Crippen LogP contribution in [0.15, 0.2) is 30.3 Å². The summed E-state index contributed by atoms with van der Waals surface area (Å²) in [7, 11) is 0.260. The number of benzene rings is 1. The molecule has 1 atom stereocenters. The van der Waals surface area contributed by atoms with Gasteiger partial charge < -0.3 is 10.1 Å². The van der Waals surface area contributed by atoms with Gasteiger partial charge in [0.25, 0.3) is 5.91 Å². The third-order valence-corrected chi connectivity index (χ3v) is 5.83. The number of sulfone groups is 1. The van der Waals surface area contributed by atoms with E-state index in [0.717, 1.165) is 11.3 Å². The van der Waals surface area contributed by atoms with Crippen LogP contribution in [0.2, 0.25) is 0 Å². The van der Waals surface area contributed by atoms with Crippen molar-refractivity contribution in [3.8, 4) is 17.0 Å². The van der Waals surface area contributed by atoms with E-state index in [1.54, 1.807) is 20.2 Å². The van der Waals surface area contributed by atoms with Crippen LogP contribution in [-0.4, -0.2) is 48.8 Å². The average molecular weight is 349 g/mol. The molecule has 1 saturated heterocycles. The Morgan fingerprint density at radius 1 is 1.33 bits per heavy atom. The summed E-state index contributed by atoms with van der Waals surface area (Å²) in [5.74, 6) is 0.560. The number of hydrogen-bond donors (Lipinski definition) is 1. The fraction of sp³-hybridized carbons (Fsp3) is 0.375. The van der Waals surface area contributed by atoms with Crippen molar-refractivity contribution in [1.82, 2.24) is 15.1 Å². The Morgan fingerprint density at radius 3 is 2.62 bits per heavy atom. The molecule has 0 radical (unpaired) electrons. The Kier molecular flexibility index (Phi) is 4.31. The lowest BCUT2D eigenvalue weighted by atomic mass is 10.1. The second-order valence-corrected chi connectivity index (χ2v) is 8.07. The molecular formula is C16H19N3O4S. The minimum absolute atomic E-state index is 0.00191. The third-order valence-electron chi connectivity index (χ3n) is 4.07. The van der Waals surface area contributed by atoms with Crippen LogP contribution in [0.25, 0.3) is 11.3 Å². The number of methoxy groups -OCH3 is 1. The highest BCUT2D eigenvalue weighted by Gasteiger charge is 2.29. The van der Waals surface area contributed by atoms with E-state index in [1.165, 1.54) is 4.68 Å². The zero-order valence-electron chi connectivity index (χ0n) is 13.5. The van der Waals surface area contributed by atoms with Crippen molar-refractivity contribution in [2.24, 2.45) is 7.05 Å². The van der Waals surface area contributed by atoms with E-state index >= 15 is 0 Å². The lowest BCUT2D eigenvalue weighted by Gasteiger charge is -2.10. The molecule has 0 aliphatic carbocycles. The first-order valence-electron chi connectivity index (χ1n) is 7.58. The predicted molar refractivity (Wildman–Crippen MR) is 89.7 cm³/mol. The van der Waals surface area contributed by atoms with E-state index in [0.29, 0.717) is 17.8 Å². The Hall–Kier alpha value is -2.35. The summed E-state index contributed by atoms with van der Waals surface area (Å²) in [4.78, 5) is 12.4. The van der Waals surface area contributed by atoms with Crippen LogP contribution in [0.1, 0.15) is 16.9 Å². The maximum absolute atomic E-state index is 12.4. The van der Waals surface area contributed by atoms with Crippen LogP contribution in [0.4, 0.5) is 0 Å². The molecule has 1 fully saturated rings. The molecule has 1 aromatic carbocycles. The Morgan fingerprint density at radius 2 is 2.04 bits per heavy atom. The van der Waals surface area contributed by atoms with Gasteiger partial charge in [0, 0.05) is 18.7 Å². The van der Waals surface area contributed by atoms with E-state index in [1.807, 2.05) is 24.3 Å². The Labute approximate surface area is 140 Å². The zero-order chi connectivity index (χ0) is 17.3. The molecule has 0 spiro atoms. The summed E-state index contributed by atoms with van der Waals surface area (Å²) in [5.41, 5.74) is 1.93. The van der Waals surface area contributed by atoms with Crippen molar-refractivity contribution in [3.05, 3.63) is 36.0 Å². The molecule has 1 N–H and O–H groups in total. The molecule has 3 rings (SSSR count). The number of carbonyl (C=O) groups excluding carboxylic acids is 1. The van der Waals surface area contributed by atoms with Gasteiger partial charge >= 0.3 is 0 Å². The van der Waals surface area contributed by atoms with E-state index in [2.05, 4.69) is 10.4 Å². The molecule has 1 amide bonds. The summed E-state index contributed by atoms with van der Waals surface area (Å²) in [6.07, 6.45) is 0.456. The SMILES string of the molecule is COc1ccc(-c2cc(C(=O)N[C@@H]3CCS(=O)(=O)C3)n(C)n2)cc1. The van der Waals surface area contributed by atoms with Gasteiger partial charge in [-0.25, -0.2) is 8.42 Å². The van der Waals surface area contributed by atoms with Crippen molar-refractivity contribution in [2.45, 2.75) is 12.5 Å². The highest BCUT2D eigenvalue weighted by molar-refractivity contribution is 7.91. The second-order valence-electron chi connectivity index (χ2n) is 5.84. The number of nitrogens with one attached hydrogen (secondary N) is 1. The largest absolute Gasteiger partial charge is 0.497 e. The molecule has 0 bridgehead atoms. The molecule has 1 aliphatic rings. The standard InChI is InChI=1S/C16H19N3O4S/c1-19-15(16(20)17-12-7-8-24(21,22)10-12)9-14(18-19)11-3-5-13(23-2)6-4-11/h3-6,9,12H,7-8,10H2,1-2H3,(H,17,20)/t12-/m1/s1. The van der Waals surface area contributed by atoms with Gasteiger partial charge in [0.05, 0.1) is 24.3 Å². The van der Waals surface area contributed by atoms with Crippen molar-refractivity contribution >= 4 is 15.7 Å². The number of rotatable bonds is 4. The van der Waals surface area contributed by atoms with Crippen molar-refractivity contribution in [3.63, 3.8) is 0 Å². The molecule has 1 aromatic heterocycles. The normalized spacial score (nSPS) is 19.2. The molecule has 7 nitrogen and oxygen atoms in total. The van der Waals surface area contributed by atoms with E-state index in [4.69, 9.17) is 4.74 Å². The van der Waals surface area contributed by atoms with Crippen molar-refractivity contribution in [2.75, 3.05) is 18.6 Å². The highest BCUT2D eigenvalue weighted by atomic mass is 32.2. The summed E-state index contributed by atoms with van der Waals surface area (Å²) in [6.45, 7) is 0. The van der Waals surface area contributed by atoms with Crippen molar-refractivity contribution < 1.29 is 17.9 Å². The minimum Gasteiger partial charge on any atom is -0.497 e. The topological polar surface area (TPSA) is 90.3 Å². The Balaban J connectivity index is 1.77. The summed E-state index contributed by atoms with van der Waals surface area (Å²) >= 11 is 0. The third kappa shape index (κ3) is 3.43. The van der Waals surface area contributed by atoms with Gasteiger partial charge in [-0.15, -0.1) is 0 Å². The molecule has 8 heteroatoms. The number of aryl methyl sites for hydroxylation is 1. The monoisotopic (exact) mass is 349 g/mol. The lowest BCUT2D eigenvalue weighted by Crippen LogP contribution is -2.36. The maximum atomic E-state index is 12.4. The summed E-state index contributed by atoms with van der Waals surface area (Å²) < 4.78 is 29.6. The van der Waals surface area contributed by atoms with E-state index < -0.39 is 9.84 Å². The van der Waals surface area contributed by atoms with Crippen LogP contribution < -0.4 is 10.1 Å². The predicted octanol–water partition coefficient (Wildman–Crippen LogP) is 1.01. The smallest absolute Gasteiger partial charge is 0.269 e. The zero-order valence-corrected chi connectivity index (χ0v) is 14.3. The van der Waals surface area contributed by atoms with Gasteiger partial charge in [-0.3, -0.25) is 9.48 Å². The number of carbonyl (C=O) groups is 1. The number of ether oxygens (including phenoxy) is 1. The van der Waals surface area contributed by atoms with Crippen LogP contribution in [-0.2, 0) is 16.9 Å². The fourth-order valence-electron chi connectivity index (χ4n) is 2.75. The molecule has 2 heterocycles. The average Bonchev–Trinajstić information content (AvgIpc) is 3.10. The van der Waals surface area contributed by atoms with E-state index in [9.17, 15) is 13.2 Å². The van der Waals surface area contributed by atoms with Crippen LogP contribution >= 0.6 is 0 Å². The van der Waals surface area contributed by atoms with Crippen molar-refractivity contribution in [1.29, 1.82) is 0 Å². The lowest BCUT2D eigenvalue weighted by molar-refractivity contribution is 0.0931. The van der Waals surface area contributed by atoms with Gasteiger partial charge in [-0.1, -0.05) is 0 Å². The first-order valence-corrected chi connectivity index (χ1v) is 9.40. The number of amides is 1. The number of nitrogens with zero attached hydrogens (tertiary/aromatic N) is 2. The van der Waals surface area contributed by atoms with Gasteiger partial charge in [0.2, 0.25) is 0 Å². The fourth-order valence-corrected chi connectivity index (χ4v) is 4.42. The molecule has 128 valence electrons. The number of aromatic nitrogens is 2. The molecule has 2 aromatic rings. The number of hydrogen-bond acceptors (Lipinski definition) is 5. The summed E-state index contributed by atoms with van der Waals surface area (Å²) in [5, 5.41) is 7.13. The quantitative estimate of drug-likeness (QED) is 0.890. The first-order chi connectivity index (χ1) is 11.4. The maximum Gasteiger partial charge on any atom is 0.269 e. The Bertz CT molecular complexity index is 856. The molecule has 1 aliphatic heterocycles. The van der Waals surface area contributed by atoms with E-state index in [-0.39, 0.29) is 23.5 Å². The molecule has 0 unspecified atom stereocenters. The first kappa shape index (κ1) is 16.5. The van der Waals surface area contributed by atoms with Gasteiger partial charge in [0.1, 0.15) is 11.4 Å². The van der Waals surface area contributed by atoms with Gasteiger partial charge in [-0.2, -0.15) is 5.10 Å². The van der Waals surface area contributed by atoms with Crippen LogP contribution in [0, 0.1) is 0 Å². The van der Waals surface area contributed by atoms with Crippen LogP contribution in [0.5, 0.6) is 5.75 Å². The second kappa shape index (κ2) is 6.27. The molecule has 24 heavy (non-hydrogen) atoms. The summed E-state index contributed by atoms with van der Waals surface area (Å²) in [6, 6.07) is 8.75. The molecular weight excluding hydrogens is 330 g/mol. The van der Waals surface area contributed by atoms with Gasteiger partial charge in [0.15, 0.2) is 9.84 Å². The molecule has 0 saturated carbocycles. The highest BCUT2D eigenvalue weighted by Crippen LogP contribution is 2.22. The van der Waals surface area contributed by atoms with Crippen LogP contribution in [0.3, 0.4) is 0 Å². The minimum atomic E-state index is -3.03. The van der Waals surface area contributed by atoms with Gasteiger partial charge in [-0.05, 0) is 36.8 Å².